The van der Waals surface area contributed by atoms with Crippen molar-refractivity contribution < 1.29 is 0 Å². The number of pyridine rings is 1. The lowest BCUT2D eigenvalue weighted by atomic mass is 9.96. The first-order valence-corrected chi connectivity index (χ1v) is 7.18. The predicted octanol–water partition coefficient (Wildman–Crippen LogP) is 3.08. The van der Waals surface area contributed by atoms with Crippen LogP contribution in [0.3, 0.4) is 0 Å². The summed E-state index contributed by atoms with van der Waals surface area (Å²) in [5.74, 6) is 1.18. The van der Waals surface area contributed by atoms with Gasteiger partial charge in [0.2, 0.25) is 0 Å². The highest BCUT2D eigenvalue weighted by Crippen LogP contribution is 2.34. The summed E-state index contributed by atoms with van der Waals surface area (Å²) < 4.78 is 0. The first-order chi connectivity index (χ1) is 8.77. The minimum absolute atomic E-state index is 0.544. The molecule has 1 saturated heterocycles. The minimum Gasteiger partial charge on any atom is -0.357 e. The van der Waals surface area contributed by atoms with Gasteiger partial charge in [0.05, 0.1) is 0 Å². The monoisotopic (exact) mass is 247 g/mol. The van der Waals surface area contributed by atoms with Crippen molar-refractivity contribution in [1.82, 2.24) is 9.88 Å². The molecule has 0 saturated carbocycles. The van der Waals surface area contributed by atoms with Crippen LogP contribution in [-0.2, 0) is 0 Å². The SMILES string of the molecule is CCN(CC)c1ncccc1C1CCCCN1C. The number of anilines is 1. The van der Waals surface area contributed by atoms with Crippen LogP contribution in [0.1, 0.15) is 44.7 Å². The molecule has 1 fully saturated rings. The molecule has 1 aliphatic heterocycles. The lowest BCUT2D eigenvalue weighted by molar-refractivity contribution is 0.187. The van der Waals surface area contributed by atoms with E-state index in [4.69, 9.17) is 0 Å². The smallest absolute Gasteiger partial charge is 0.133 e. The predicted molar refractivity (Wildman–Crippen MR) is 77.0 cm³/mol. The number of hydrogen-bond donors (Lipinski definition) is 0. The van der Waals surface area contributed by atoms with Crippen molar-refractivity contribution in [1.29, 1.82) is 0 Å². The van der Waals surface area contributed by atoms with Gasteiger partial charge < -0.3 is 4.90 Å². The van der Waals surface area contributed by atoms with Gasteiger partial charge in [-0.15, -0.1) is 0 Å². The Balaban J connectivity index is 2.31. The van der Waals surface area contributed by atoms with Crippen LogP contribution in [-0.4, -0.2) is 36.6 Å². The third kappa shape index (κ3) is 2.66. The highest BCUT2D eigenvalue weighted by molar-refractivity contribution is 5.48. The minimum atomic E-state index is 0.544. The van der Waals surface area contributed by atoms with Crippen LogP contribution >= 0.6 is 0 Å². The molecule has 0 amide bonds. The Labute approximate surface area is 111 Å². The lowest BCUT2D eigenvalue weighted by Gasteiger charge is -2.35. The third-order valence-electron chi connectivity index (χ3n) is 4.01. The van der Waals surface area contributed by atoms with E-state index in [1.165, 1.54) is 37.2 Å². The largest absolute Gasteiger partial charge is 0.357 e. The first-order valence-electron chi connectivity index (χ1n) is 7.18. The zero-order chi connectivity index (χ0) is 13.0. The summed E-state index contributed by atoms with van der Waals surface area (Å²) in [6.45, 7) is 7.66. The second-order valence-electron chi connectivity index (χ2n) is 5.08. The van der Waals surface area contributed by atoms with Gasteiger partial charge in [-0.1, -0.05) is 12.5 Å². The van der Waals surface area contributed by atoms with Crippen LogP contribution < -0.4 is 4.90 Å². The fourth-order valence-corrected chi connectivity index (χ4v) is 2.92. The van der Waals surface area contributed by atoms with E-state index < -0.39 is 0 Å². The van der Waals surface area contributed by atoms with Crippen molar-refractivity contribution in [2.45, 2.75) is 39.2 Å². The van der Waals surface area contributed by atoms with E-state index in [0.29, 0.717) is 6.04 Å². The number of nitrogens with zero attached hydrogens (tertiary/aromatic N) is 3. The highest BCUT2D eigenvalue weighted by Gasteiger charge is 2.24. The molecule has 1 aromatic rings. The first kappa shape index (κ1) is 13.3. The molecule has 0 radical (unpaired) electrons. The Kier molecular flexibility index (Phi) is 4.59. The summed E-state index contributed by atoms with van der Waals surface area (Å²) in [5.41, 5.74) is 1.41. The van der Waals surface area contributed by atoms with E-state index in [1.807, 2.05) is 6.20 Å². The van der Waals surface area contributed by atoms with Crippen LogP contribution in [0.25, 0.3) is 0 Å². The van der Waals surface area contributed by atoms with Crippen LogP contribution in [0.5, 0.6) is 0 Å². The molecule has 100 valence electrons. The number of piperidine rings is 1. The molecular weight excluding hydrogens is 222 g/mol. The summed E-state index contributed by atoms with van der Waals surface area (Å²) in [6, 6.07) is 4.88. The maximum Gasteiger partial charge on any atom is 0.133 e. The number of hydrogen-bond acceptors (Lipinski definition) is 3. The molecule has 3 heteroatoms. The van der Waals surface area contributed by atoms with E-state index in [1.54, 1.807) is 0 Å². The molecule has 2 rings (SSSR count). The van der Waals surface area contributed by atoms with Gasteiger partial charge in [0.15, 0.2) is 0 Å². The van der Waals surface area contributed by atoms with Gasteiger partial charge in [0, 0.05) is 30.9 Å². The van der Waals surface area contributed by atoms with Crippen LogP contribution in [0, 0.1) is 0 Å². The number of likely N-dealkylation sites (tertiary alicyclic amines) is 1. The van der Waals surface area contributed by atoms with Gasteiger partial charge in [-0.05, 0) is 46.3 Å². The van der Waals surface area contributed by atoms with Gasteiger partial charge >= 0.3 is 0 Å². The second kappa shape index (κ2) is 6.19. The lowest BCUT2D eigenvalue weighted by Crippen LogP contribution is -2.32. The molecule has 18 heavy (non-hydrogen) atoms. The summed E-state index contributed by atoms with van der Waals surface area (Å²) >= 11 is 0. The topological polar surface area (TPSA) is 19.4 Å². The average Bonchev–Trinajstić information content (AvgIpc) is 2.41. The van der Waals surface area contributed by atoms with Crippen LogP contribution in [0.2, 0.25) is 0 Å². The van der Waals surface area contributed by atoms with Crippen molar-refractivity contribution in [3.63, 3.8) is 0 Å². The molecule has 1 aliphatic rings. The third-order valence-corrected chi connectivity index (χ3v) is 4.01. The summed E-state index contributed by atoms with van der Waals surface area (Å²) in [7, 11) is 2.24. The summed E-state index contributed by atoms with van der Waals surface area (Å²) in [4.78, 5) is 9.47. The maximum absolute atomic E-state index is 4.63. The van der Waals surface area contributed by atoms with E-state index >= 15 is 0 Å². The Hall–Kier alpha value is -1.09. The van der Waals surface area contributed by atoms with Gasteiger partial charge in [-0.3, -0.25) is 4.90 Å². The Bertz CT molecular complexity index is 374. The fraction of sp³-hybridized carbons (Fsp3) is 0.667. The fourth-order valence-electron chi connectivity index (χ4n) is 2.92. The Morgan fingerprint density at radius 1 is 1.33 bits per heavy atom. The van der Waals surface area contributed by atoms with E-state index in [2.05, 4.69) is 47.8 Å². The molecule has 0 aromatic carbocycles. The molecule has 1 unspecified atom stereocenters. The molecule has 0 spiro atoms. The van der Waals surface area contributed by atoms with Crippen molar-refractivity contribution >= 4 is 5.82 Å². The van der Waals surface area contributed by atoms with Crippen molar-refractivity contribution in [2.75, 3.05) is 31.6 Å². The zero-order valence-corrected chi connectivity index (χ0v) is 11.9. The summed E-state index contributed by atoms with van der Waals surface area (Å²) in [5, 5.41) is 0. The average molecular weight is 247 g/mol. The van der Waals surface area contributed by atoms with Crippen molar-refractivity contribution in [3.05, 3.63) is 23.9 Å². The quantitative estimate of drug-likeness (QED) is 0.815. The molecule has 0 bridgehead atoms. The number of rotatable bonds is 4. The number of aromatic nitrogens is 1. The summed E-state index contributed by atoms with van der Waals surface area (Å²) in [6.07, 6.45) is 5.84. The van der Waals surface area contributed by atoms with Gasteiger partial charge in [0.1, 0.15) is 5.82 Å². The molecule has 2 heterocycles. The van der Waals surface area contributed by atoms with E-state index in [0.717, 1.165) is 13.1 Å². The van der Waals surface area contributed by atoms with Crippen LogP contribution in [0.15, 0.2) is 18.3 Å². The zero-order valence-electron chi connectivity index (χ0n) is 11.9. The molecule has 1 aromatic heterocycles. The molecule has 3 nitrogen and oxygen atoms in total. The van der Waals surface area contributed by atoms with Gasteiger partial charge in [0.25, 0.3) is 0 Å². The van der Waals surface area contributed by atoms with Crippen LogP contribution in [0.4, 0.5) is 5.82 Å². The maximum atomic E-state index is 4.63. The standard InChI is InChI=1S/C15H25N3/c1-4-18(5-2)15-13(9-8-11-16-15)14-10-6-7-12-17(14)3/h8-9,11,14H,4-7,10,12H2,1-3H3. The molecule has 1 atom stereocenters. The van der Waals surface area contributed by atoms with Crippen molar-refractivity contribution in [3.8, 4) is 0 Å². The van der Waals surface area contributed by atoms with Gasteiger partial charge in [-0.25, -0.2) is 4.98 Å². The highest BCUT2D eigenvalue weighted by atomic mass is 15.2. The second-order valence-corrected chi connectivity index (χ2v) is 5.08. The van der Waals surface area contributed by atoms with Gasteiger partial charge in [-0.2, -0.15) is 0 Å². The van der Waals surface area contributed by atoms with Crippen molar-refractivity contribution in [2.24, 2.45) is 0 Å². The Morgan fingerprint density at radius 2 is 2.11 bits per heavy atom. The Morgan fingerprint density at radius 3 is 2.78 bits per heavy atom. The van der Waals surface area contributed by atoms with E-state index in [-0.39, 0.29) is 0 Å². The van der Waals surface area contributed by atoms with E-state index in [9.17, 15) is 0 Å². The molecular formula is C15H25N3. The molecule has 0 N–H and O–H groups in total. The molecule has 0 aliphatic carbocycles. The normalized spacial score (nSPS) is 20.9.